The number of benzene rings is 3. The second-order valence-corrected chi connectivity index (χ2v) is 18.4. The molecule has 0 saturated carbocycles. The van der Waals surface area contributed by atoms with Gasteiger partial charge < -0.3 is 43.6 Å². The summed E-state index contributed by atoms with van der Waals surface area (Å²) in [6.07, 6.45) is 8.55. The summed E-state index contributed by atoms with van der Waals surface area (Å²) < 4.78 is 27.7. The Hall–Kier alpha value is -7.37. The molecule has 0 bridgehead atoms. The van der Waals surface area contributed by atoms with Crippen LogP contribution < -0.4 is 20.3 Å². The Morgan fingerprint density at radius 1 is 0.873 bits per heavy atom. The summed E-state index contributed by atoms with van der Waals surface area (Å²) in [6.45, 7) is 8.26. The van der Waals surface area contributed by atoms with E-state index in [1.165, 1.54) is 17.9 Å². The van der Waals surface area contributed by atoms with E-state index in [1.54, 1.807) is 59.8 Å². The summed E-state index contributed by atoms with van der Waals surface area (Å²) in [5.41, 5.74) is 5.78. The third-order valence-corrected chi connectivity index (χ3v) is 12.9. The number of anilines is 3. The molecule has 2 aromatic heterocycles. The number of ketones is 2. The van der Waals surface area contributed by atoms with E-state index < -0.39 is 24.7 Å². The topological polar surface area (TPSA) is 193 Å². The molecule has 0 aliphatic carbocycles. The zero-order valence-electron chi connectivity index (χ0n) is 40.7. The van der Waals surface area contributed by atoms with Gasteiger partial charge in [-0.2, -0.15) is 0 Å². The second kappa shape index (κ2) is 22.6. The number of rotatable bonds is 18. The van der Waals surface area contributed by atoms with Gasteiger partial charge in [0.1, 0.15) is 23.8 Å². The second-order valence-electron chi connectivity index (χ2n) is 18.4. The first-order chi connectivity index (χ1) is 34.3. The Bertz CT molecular complexity index is 2790. The number of Topliss-reactive ketones (excluding diaryl/α,β-unsaturated/α-hetero) is 2. The number of carbonyl (C=O) groups excluding carboxylic acids is 6. The van der Waals surface area contributed by atoms with Crippen LogP contribution in [0.5, 0.6) is 5.75 Å². The van der Waals surface area contributed by atoms with Crippen molar-refractivity contribution < 1.29 is 47.7 Å². The van der Waals surface area contributed by atoms with Crippen LogP contribution in [0.4, 0.5) is 22.0 Å². The van der Waals surface area contributed by atoms with E-state index in [1.807, 2.05) is 54.4 Å². The normalized spacial score (nSPS) is 17.6. The number of nitrogens with one attached hydrogen (secondary N) is 2. The van der Waals surface area contributed by atoms with E-state index in [-0.39, 0.29) is 67.0 Å². The molecule has 0 radical (unpaired) electrons. The predicted octanol–water partition coefficient (Wildman–Crippen LogP) is 8.35. The molecule has 17 nitrogen and oxygen atoms in total. The van der Waals surface area contributed by atoms with Gasteiger partial charge in [-0.1, -0.05) is 49.1 Å². The lowest BCUT2D eigenvalue weighted by Crippen LogP contribution is -2.57. The largest absolute Gasteiger partial charge is 0.493 e. The molecule has 4 amide bonds. The van der Waals surface area contributed by atoms with E-state index in [4.69, 9.17) is 18.9 Å². The molecule has 5 aromatic rings. The molecular weight excluding hydrogens is 907 g/mol. The predicted molar refractivity (Wildman–Crippen MR) is 267 cm³/mol. The highest BCUT2D eigenvalue weighted by molar-refractivity contribution is 6.06. The van der Waals surface area contributed by atoms with Gasteiger partial charge >= 0.3 is 6.09 Å². The summed E-state index contributed by atoms with van der Waals surface area (Å²) in [5.74, 6) is -0.0757. The number of piperidine rings is 1. The molecule has 3 aromatic carbocycles. The van der Waals surface area contributed by atoms with Crippen molar-refractivity contribution in [2.75, 3.05) is 41.9 Å². The fourth-order valence-electron chi connectivity index (χ4n) is 9.32. The maximum absolute atomic E-state index is 14.2. The van der Waals surface area contributed by atoms with Crippen molar-refractivity contribution in [3.8, 4) is 16.9 Å². The summed E-state index contributed by atoms with van der Waals surface area (Å²) in [5, 5.41) is 5.70. The van der Waals surface area contributed by atoms with Crippen molar-refractivity contribution >= 4 is 52.6 Å². The van der Waals surface area contributed by atoms with Crippen LogP contribution >= 0.6 is 0 Å². The summed E-state index contributed by atoms with van der Waals surface area (Å²) in [4.78, 5) is 87.0. The van der Waals surface area contributed by atoms with E-state index >= 15 is 0 Å². The van der Waals surface area contributed by atoms with Crippen LogP contribution in [0.25, 0.3) is 11.1 Å². The first-order valence-electron chi connectivity index (χ1n) is 24.2. The van der Waals surface area contributed by atoms with Crippen LogP contribution in [0.15, 0.2) is 91.8 Å². The van der Waals surface area contributed by atoms with Gasteiger partial charge in [0.25, 0.3) is 11.8 Å². The van der Waals surface area contributed by atoms with Crippen LogP contribution in [0.2, 0.25) is 0 Å². The maximum Gasteiger partial charge on any atom is 0.416 e. The van der Waals surface area contributed by atoms with E-state index in [0.29, 0.717) is 72.8 Å². The molecule has 3 aliphatic heterocycles. The first-order valence-corrected chi connectivity index (χ1v) is 24.2. The summed E-state index contributed by atoms with van der Waals surface area (Å²) >= 11 is 0. The first kappa shape index (κ1) is 50.0. The van der Waals surface area contributed by atoms with Crippen LogP contribution in [0.3, 0.4) is 0 Å². The monoisotopic (exact) mass is 967 g/mol. The number of aromatic nitrogens is 3. The lowest BCUT2D eigenvalue weighted by atomic mass is 10.00. The molecule has 372 valence electrons. The highest BCUT2D eigenvalue weighted by Gasteiger charge is 2.46. The third kappa shape index (κ3) is 12.0. The van der Waals surface area contributed by atoms with Gasteiger partial charge in [0.05, 0.1) is 23.9 Å². The van der Waals surface area contributed by atoms with Crippen molar-refractivity contribution in [2.24, 2.45) is 14.1 Å². The van der Waals surface area contributed by atoms with Crippen molar-refractivity contribution in [3.05, 3.63) is 126 Å². The smallest absolute Gasteiger partial charge is 0.416 e. The highest BCUT2D eigenvalue weighted by Crippen LogP contribution is 2.40. The zero-order chi connectivity index (χ0) is 50.2. The van der Waals surface area contributed by atoms with Crippen LogP contribution in [0.1, 0.15) is 106 Å². The van der Waals surface area contributed by atoms with Crippen molar-refractivity contribution in [1.29, 1.82) is 0 Å². The van der Waals surface area contributed by atoms with Crippen molar-refractivity contribution in [2.45, 2.75) is 96.6 Å². The molecule has 2 N–H and O–H groups in total. The minimum absolute atomic E-state index is 0.0335. The number of aryl methyl sites for hydroxylation is 3. The van der Waals surface area contributed by atoms with Crippen molar-refractivity contribution in [1.82, 2.24) is 19.0 Å². The Balaban J connectivity index is 0.860. The average molecular weight is 968 g/mol. The molecule has 2 fully saturated rings. The average Bonchev–Trinajstić information content (AvgIpc) is 3.92. The minimum Gasteiger partial charge on any atom is -0.493 e. The Morgan fingerprint density at radius 3 is 2.35 bits per heavy atom. The maximum atomic E-state index is 14.2. The molecule has 2 saturated heterocycles. The molecule has 3 atom stereocenters. The number of ether oxygens (including phenoxy) is 4. The minimum atomic E-state index is -0.870. The van der Waals surface area contributed by atoms with Crippen LogP contribution in [-0.4, -0.2) is 99.3 Å². The molecule has 3 aliphatic rings. The molecule has 17 heteroatoms. The number of carbonyl (C=O) groups is 6. The van der Waals surface area contributed by atoms with Gasteiger partial charge in [-0.25, -0.2) is 14.7 Å². The lowest BCUT2D eigenvalue weighted by Gasteiger charge is -2.42. The van der Waals surface area contributed by atoms with E-state index in [9.17, 15) is 28.8 Å². The molecule has 5 heterocycles. The SMILES string of the molecule is C=CCOC(=O)N1c2cc(OCCCC(=O)Nc3cn(C)c(C(=O)Cc4ccc(-c5cc(C(=O)Nc6ccc(CC(C)=O)cc6)n(C)c5)cc4)n3)c(C)cc2C(=O)N2CCCC[C@H]2C1OC1CCCCO1. The highest BCUT2D eigenvalue weighted by atomic mass is 16.7. The number of hydrogen-bond acceptors (Lipinski definition) is 11. The summed E-state index contributed by atoms with van der Waals surface area (Å²) in [6, 6.07) is 19.5. The number of nitrogens with zero attached hydrogens (tertiary/aromatic N) is 5. The molecule has 0 spiro atoms. The molecule has 8 rings (SSSR count). The van der Waals surface area contributed by atoms with Gasteiger partial charge in [-0.3, -0.25) is 24.0 Å². The summed E-state index contributed by atoms with van der Waals surface area (Å²) in [7, 11) is 3.49. The van der Waals surface area contributed by atoms with Crippen LogP contribution in [-0.2, 0) is 50.7 Å². The molecule has 2 unspecified atom stereocenters. The number of fused-ring (bicyclic) bond motifs is 2. The van der Waals surface area contributed by atoms with Gasteiger partial charge in [0, 0.05) is 76.2 Å². The van der Waals surface area contributed by atoms with Crippen molar-refractivity contribution in [3.63, 3.8) is 0 Å². The van der Waals surface area contributed by atoms with Gasteiger partial charge in [0.15, 0.2) is 24.2 Å². The van der Waals surface area contributed by atoms with E-state index in [0.717, 1.165) is 47.9 Å². The van der Waals surface area contributed by atoms with Crippen LogP contribution in [0, 0.1) is 6.92 Å². The quantitative estimate of drug-likeness (QED) is 0.0487. The Morgan fingerprint density at radius 2 is 1.62 bits per heavy atom. The fraction of sp³-hybridized carbons (Fsp3) is 0.389. The number of imidazole rings is 1. The standard InChI is InChI=1S/C54H61N7O10/c1-6-24-70-54(67)61-43-31-46(34(2)27-41(43)52(66)60-23-9-7-12-42(60)53(61)71-49-14-8-10-25-69-49)68-26-11-13-48(64)56-47-33-59(5)50(57-47)45(63)29-37-15-19-38(20-16-37)39-30-44(58(4)32-39)51(65)55-40-21-17-36(18-22-40)28-35(3)62/h6,15-22,27,30-33,42,49,53H,1,7-14,23-26,28-29H2,2-5H3,(H,55,65)(H,56,64)/t42-,49?,53?/m0/s1. The molecule has 71 heavy (non-hydrogen) atoms. The Kier molecular flexibility index (Phi) is 15.9. The lowest BCUT2D eigenvalue weighted by molar-refractivity contribution is -0.198. The molecular formula is C54H61N7O10. The van der Waals surface area contributed by atoms with Gasteiger partial charge in [0.2, 0.25) is 11.7 Å². The van der Waals surface area contributed by atoms with Gasteiger partial charge in [-0.05, 0) is 105 Å². The third-order valence-electron chi connectivity index (χ3n) is 12.9. The number of amides is 4. The fourth-order valence-corrected chi connectivity index (χ4v) is 9.32. The Labute approximate surface area is 413 Å². The zero-order valence-corrected chi connectivity index (χ0v) is 40.7. The van der Waals surface area contributed by atoms with E-state index in [2.05, 4.69) is 22.2 Å². The number of hydrogen-bond donors (Lipinski definition) is 2. The van der Waals surface area contributed by atoms with Gasteiger partial charge in [-0.15, -0.1) is 0 Å².